The molecule has 0 radical (unpaired) electrons. The summed E-state index contributed by atoms with van der Waals surface area (Å²) in [5.41, 5.74) is 5.06. The Balaban J connectivity index is 1.54. The van der Waals surface area contributed by atoms with Gasteiger partial charge in [0.25, 0.3) is 11.8 Å². The van der Waals surface area contributed by atoms with E-state index in [9.17, 15) is 24.0 Å². The molecule has 2 fully saturated rings. The van der Waals surface area contributed by atoms with Gasteiger partial charge in [-0.15, -0.1) is 0 Å². The van der Waals surface area contributed by atoms with Crippen molar-refractivity contribution < 1.29 is 28.7 Å². The maximum atomic E-state index is 13.1. The average Bonchev–Trinajstić information content (AvgIpc) is 3.03. The first-order valence-corrected chi connectivity index (χ1v) is 11.9. The second kappa shape index (κ2) is 10.1. The molecule has 10 nitrogen and oxygen atoms in total. The number of hydrogen-bond donors (Lipinski definition) is 3. The average molecular weight is 487 g/mol. The van der Waals surface area contributed by atoms with Crippen LogP contribution in [0, 0.1) is 11.3 Å². The second-order valence-corrected chi connectivity index (χ2v) is 10.1. The van der Waals surface area contributed by atoms with Crippen LogP contribution in [0.4, 0.5) is 10.5 Å². The maximum Gasteiger partial charge on any atom is 0.327 e. The third kappa shape index (κ3) is 5.63. The van der Waals surface area contributed by atoms with E-state index in [0.29, 0.717) is 24.4 Å². The van der Waals surface area contributed by atoms with E-state index < -0.39 is 47.9 Å². The minimum absolute atomic E-state index is 0.164. The fourth-order valence-electron chi connectivity index (χ4n) is 4.72. The molecule has 35 heavy (non-hydrogen) atoms. The zero-order valence-electron chi connectivity index (χ0n) is 20.7. The fraction of sp³-hybridized carbons (Fsp3) is 0.560. The maximum absolute atomic E-state index is 13.1. The molecule has 1 unspecified atom stereocenters. The highest BCUT2D eigenvalue weighted by Crippen LogP contribution is 2.45. The highest BCUT2D eigenvalue weighted by Gasteiger charge is 2.54. The molecule has 1 aliphatic heterocycles. The molecule has 1 heterocycles. The fourth-order valence-corrected chi connectivity index (χ4v) is 4.72. The number of nitrogens with two attached hydrogens (primary N) is 1. The van der Waals surface area contributed by atoms with Gasteiger partial charge < -0.3 is 21.1 Å². The summed E-state index contributed by atoms with van der Waals surface area (Å²) in [7, 11) is 0. The standard InChI is InChI=1S/C25H34N4O6/c1-5-24(3,4)17-10-12-25(13-11-17)22(33)29(23(34)28-25)14-19(30)35-15(2)21(32)27-18-8-6-16(7-9-18)20(26)31/h6-9,15,17H,5,10-14H2,1-4H3,(H2,26,31)(H,27,32)(H,28,34). The van der Waals surface area contributed by atoms with Gasteiger partial charge in [-0.1, -0.05) is 27.2 Å². The van der Waals surface area contributed by atoms with Gasteiger partial charge in [0.1, 0.15) is 12.1 Å². The molecular weight excluding hydrogens is 452 g/mol. The van der Waals surface area contributed by atoms with E-state index in [1.54, 1.807) is 0 Å². The van der Waals surface area contributed by atoms with Crippen molar-refractivity contribution in [2.24, 2.45) is 17.1 Å². The number of anilines is 1. The summed E-state index contributed by atoms with van der Waals surface area (Å²) >= 11 is 0. The number of nitrogens with one attached hydrogen (secondary N) is 2. The number of urea groups is 1. The van der Waals surface area contributed by atoms with Crippen LogP contribution in [-0.2, 0) is 19.1 Å². The molecule has 1 aromatic rings. The van der Waals surface area contributed by atoms with E-state index in [-0.39, 0.29) is 11.0 Å². The normalized spacial score (nSPS) is 23.1. The zero-order chi connectivity index (χ0) is 26.0. The van der Waals surface area contributed by atoms with Crippen LogP contribution in [0.2, 0.25) is 0 Å². The highest BCUT2D eigenvalue weighted by molar-refractivity contribution is 6.09. The Labute approximate surface area is 204 Å². The first-order chi connectivity index (χ1) is 16.4. The van der Waals surface area contributed by atoms with Gasteiger partial charge in [0.05, 0.1) is 0 Å². The van der Waals surface area contributed by atoms with Gasteiger partial charge >= 0.3 is 12.0 Å². The molecule has 190 valence electrons. The third-order valence-electron chi connectivity index (χ3n) is 7.50. The summed E-state index contributed by atoms with van der Waals surface area (Å²) in [5.74, 6) is -2.01. The third-order valence-corrected chi connectivity index (χ3v) is 7.50. The number of amides is 5. The predicted molar refractivity (Wildman–Crippen MR) is 128 cm³/mol. The summed E-state index contributed by atoms with van der Waals surface area (Å²) in [6.45, 7) is 7.42. The quantitative estimate of drug-likeness (QED) is 0.380. The van der Waals surface area contributed by atoms with Gasteiger partial charge in [-0.3, -0.25) is 24.1 Å². The smallest absolute Gasteiger partial charge is 0.327 e. The summed E-state index contributed by atoms with van der Waals surface area (Å²) in [6, 6.07) is 5.29. The van der Waals surface area contributed by atoms with Crippen molar-refractivity contribution in [1.29, 1.82) is 0 Å². The first kappa shape index (κ1) is 26.2. The number of ether oxygens (including phenoxy) is 1. The van der Waals surface area contributed by atoms with Gasteiger partial charge in [0.2, 0.25) is 5.91 Å². The molecule has 1 aliphatic carbocycles. The Kier molecular flexibility index (Phi) is 7.52. The van der Waals surface area contributed by atoms with Crippen molar-refractivity contribution in [2.75, 3.05) is 11.9 Å². The second-order valence-electron chi connectivity index (χ2n) is 10.1. The van der Waals surface area contributed by atoms with Crippen molar-refractivity contribution in [2.45, 2.75) is 71.4 Å². The van der Waals surface area contributed by atoms with Crippen LogP contribution in [0.3, 0.4) is 0 Å². The number of esters is 1. The summed E-state index contributed by atoms with van der Waals surface area (Å²) in [6.07, 6.45) is 2.58. The Morgan fingerprint density at radius 2 is 1.80 bits per heavy atom. The molecule has 0 bridgehead atoms. The summed E-state index contributed by atoms with van der Waals surface area (Å²) in [5, 5.41) is 5.37. The predicted octanol–water partition coefficient (Wildman–Crippen LogP) is 2.57. The van der Waals surface area contributed by atoms with Crippen LogP contribution in [0.15, 0.2) is 24.3 Å². The van der Waals surface area contributed by atoms with E-state index in [4.69, 9.17) is 10.5 Å². The molecule has 10 heteroatoms. The van der Waals surface area contributed by atoms with E-state index >= 15 is 0 Å². The molecule has 1 saturated carbocycles. The Morgan fingerprint density at radius 1 is 1.20 bits per heavy atom. The van der Waals surface area contributed by atoms with Gasteiger partial charge in [-0.25, -0.2) is 4.79 Å². The number of primary amides is 1. The van der Waals surface area contributed by atoms with E-state index in [2.05, 4.69) is 31.4 Å². The minimum Gasteiger partial charge on any atom is -0.451 e. The molecule has 1 atom stereocenters. The number of imide groups is 1. The summed E-state index contributed by atoms with van der Waals surface area (Å²) < 4.78 is 5.16. The van der Waals surface area contributed by atoms with Crippen LogP contribution in [0.5, 0.6) is 0 Å². The number of carbonyl (C=O) groups is 5. The van der Waals surface area contributed by atoms with Crippen molar-refractivity contribution in [3.05, 3.63) is 29.8 Å². The number of hydrogen-bond acceptors (Lipinski definition) is 6. The first-order valence-electron chi connectivity index (χ1n) is 11.9. The minimum atomic E-state index is -1.17. The van der Waals surface area contributed by atoms with Crippen LogP contribution < -0.4 is 16.4 Å². The number of rotatable bonds is 8. The number of carbonyl (C=O) groups excluding carboxylic acids is 5. The molecular formula is C25H34N4O6. The van der Waals surface area contributed by atoms with Gasteiger partial charge in [-0.2, -0.15) is 0 Å². The van der Waals surface area contributed by atoms with Crippen molar-refractivity contribution in [3.63, 3.8) is 0 Å². The van der Waals surface area contributed by atoms with Crippen molar-refractivity contribution in [1.82, 2.24) is 10.2 Å². The summed E-state index contributed by atoms with van der Waals surface area (Å²) in [4.78, 5) is 62.5. The monoisotopic (exact) mass is 486 g/mol. The van der Waals surface area contributed by atoms with Crippen LogP contribution in [0.25, 0.3) is 0 Å². The Bertz CT molecular complexity index is 1010. The molecule has 2 aliphatic rings. The Hall–Kier alpha value is -3.43. The lowest BCUT2D eigenvalue weighted by molar-refractivity contribution is -0.155. The lowest BCUT2D eigenvalue weighted by atomic mass is 9.65. The largest absolute Gasteiger partial charge is 0.451 e. The molecule has 1 spiro atoms. The van der Waals surface area contributed by atoms with Gasteiger partial charge in [0.15, 0.2) is 6.10 Å². The van der Waals surface area contributed by atoms with Crippen molar-refractivity contribution in [3.8, 4) is 0 Å². The molecule has 5 amide bonds. The van der Waals surface area contributed by atoms with Crippen molar-refractivity contribution >= 4 is 35.4 Å². The number of nitrogens with zero attached hydrogens (tertiary/aromatic N) is 1. The molecule has 0 aromatic heterocycles. The van der Waals surface area contributed by atoms with Gasteiger partial charge in [0, 0.05) is 11.3 Å². The van der Waals surface area contributed by atoms with E-state index in [1.165, 1.54) is 31.2 Å². The molecule has 1 aromatic carbocycles. The van der Waals surface area contributed by atoms with Crippen LogP contribution >= 0.6 is 0 Å². The van der Waals surface area contributed by atoms with E-state index in [1.807, 2.05) is 0 Å². The van der Waals surface area contributed by atoms with Crippen LogP contribution in [-0.4, -0.2) is 52.8 Å². The van der Waals surface area contributed by atoms with E-state index in [0.717, 1.165) is 24.2 Å². The van der Waals surface area contributed by atoms with Gasteiger partial charge in [-0.05, 0) is 68.2 Å². The SMILES string of the molecule is CCC(C)(C)C1CCC2(CC1)NC(=O)N(CC(=O)OC(C)C(=O)Nc1ccc(C(N)=O)cc1)C2=O. The molecule has 1 saturated heterocycles. The lowest BCUT2D eigenvalue weighted by Gasteiger charge is -2.42. The topological polar surface area (TPSA) is 148 Å². The zero-order valence-corrected chi connectivity index (χ0v) is 20.7. The Morgan fingerprint density at radius 3 is 2.34 bits per heavy atom. The molecule has 3 rings (SSSR count). The van der Waals surface area contributed by atoms with Crippen LogP contribution in [0.1, 0.15) is 70.2 Å². The highest BCUT2D eigenvalue weighted by atomic mass is 16.5. The lowest BCUT2D eigenvalue weighted by Crippen LogP contribution is -2.51. The number of benzene rings is 1. The molecule has 4 N–H and O–H groups in total.